The molecule has 1 saturated heterocycles. The molecule has 1 amide bonds. The lowest BCUT2D eigenvalue weighted by molar-refractivity contribution is -0.120. The number of amides is 1. The third-order valence-electron chi connectivity index (χ3n) is 5.44. The standard InChI is InChI=1S/C24H25FN2O2/c25-20-10-8-18(9-11-20)16-24(28)26-17-23(27-12-14-29-15-13-27)22-7-3-5-19-4-1-2-6-21(19)22/h1-11,23H,12-17H2,(H,26,28)/t23-/m1/s1. The number of hydrogen-bond donors (Lipinski definition) is 1. The molecule has 1 aliphatic rings. The van der Waals surface area contributed by atoms with Crippen molar-refractivity contribution < 1.29 is 13.9 Å². The lowest BCUT2D eigenvalue weighted by Crippen LogP contribution is -2.44. The van der Waals surface area contributed by atoms with Gasteiger partial charge in [-0.2, -0.15) is 0 Å². The number of morpholine rings is 1. The molecule has 4 nitrogen and oxygen atoms in total. The molecule has 0 bridgehead atoms. The number of nitrogens with zero attached hydrogens (tertiary/aromatic N) is 1. The van der Waals surface area contributed by atoms with E-state index in [4.69, 9.17) is 4.74 Å². The monoisotopic (exact) mass is 392 g/mol. The summed E-state index contributed by atoms with van der Waals surface area (Å²) in [7, 11) is 0. The summed E-state index contributed by atoms with van der Waals surface area (Å²) in [5, 5.41) is 5.49. The Hall–Kier alpha value is -2.76. The Bertz CT molecular complexity index is 963. The van der Waals surface area contributed by atoms with E-state index < -0.39 is 0 Å². The van der Waals surface area contributed by atoms with Gasteiger partial charge in [-0.15, -0.1) is 0 Å². The van der Waals surface area contributed by atoms with Crippen molar-refractivity contribution in [2.75, 3.05) is 32.8 Å². The molecule has 0 saturated carbocycles. The molecule has 3 aromatic rings. The van der Waals surface area contributed by atoms with Gasteiger partial charge in [0.1, 0.15) is 5.82 Å². The molecular formula is C24H25FN2O2. The van der Waals surface area contributed by atoms with Gasteiger partial charge in [-0.05, 0) is 34.0 Å². The smallest absolute Gasteiger partial charge is 0.224 e. The fraction of sp³-hybridized carbons (Fsp3) is 0.292. The van der Waals surface area contributed by atoms with E-state index in [1.807, 2.05) is 6.07 Å². The minimum absolute atomic E-state index is 0.0601. The first kappa shape index (κ1) is 19.6. The largest absolute Gasteiger partial charge is 0.379 e. The van der Waals surface area contributed by atoms with Crippen molar-refractivity contribution >= 4 is 16.7 Å². The first-order valence-electron chi connectivity index (χ1n) is 10.0. The highest BCUT2D eigenvalue weighted by Gasteiger charge is 2.24. The summed E-state index contributed by atoms with van der Waals surface area (Å²) in [6.45, 7) is 3.59. The summed E-state index contributed by atoms with van der Waals surface area (Å²) in [6, 6.07) is 20.8. The average molecular weight is 392 g/mol. The number of fused-ring (bicyclic) bond motifs is 1. The fourth-order valence-electron chi connectivity index (χ4n) is 3.93. The average Bonchev–Trinajstić information content (AvgIpc) is 2.76. The quantitative estimate of drug-likeness (QED) is 0.695. The van der Waals surface area contributed by atoms with Crippen LogP contribution in [0.1, 0.15) is 17.2 Å². The minimum atomic E-state index is -0.294. The van der Waals surface area contributed by atoms with E-state index in [9.17, 15) is 9.18 Å². The molecule has 5 heteroatoms. The van der Waals surface area contributed by atoms with Crippen LogP contribution in [0.4, 0.5) is 4.39 Å². The molecule has 1 atom stereocenters. The van der Waals surface area contributed by atoms with Crippen LogP contribution in [-0.4, -0.2) is 43.7 Å². The van der Waals surface area contributed by atoms with E-state index in [2.05, 4.69) is 46.6 Å². The van der Waals surface area contributed by atoms with E-state index >= 15 is 0 Å². The Morgan fingerprint density at radius 1 is 1.00 bits per heavy atom. The third kappa shape index (κ3) is 4.81. The molecule has 1 fully saturated rings. The maximum absolute atomic E-state index is 13.1. The summed E-state index contributed by atoms with van der Waals surface area (Å²) in [6.07, 6.45) is 0.242. The number of carbonyl (C=O) groups is 1. The van der Waals surface area contributed by atoms with Gasteiger partial charge in [0.15, 0.2) is 0 Å². The second-order valence-electron chi connectivity index (χ2n) is 7.34. The minimum Gasteiger partial charge on any atom is -0.379 e. The number of rotatable bonds is 6. The molecule has 0 unspecified atom stereocenters. The normalized spacial score (nSPS) is 15.9. The summed E-state index contributed by atoms with van der Waals surface area (Å²) >= 11 is 0. The van der Waals surface area contributed by atoms with Gasteiger partial charge >= 0.3 is 0 Å². The van der Waals surface area contributed by atoms with Gasteiger partial charge in [-0.1, -0.05) is 54.6 Å². The maximum Gasteiger partial charge on any atom is 0.224 e. The van der Waals surface area contributed by atoms with Crippen LogP contribution in [0.2, 0.25) is 0 Å². The van der Waals surface area contributed by atoms with Crippen LogP contribution in [0, 0.1) is 5.82 Å². The van der Waals surface area contributed by atoms with Gasteiger partial charge in [0.05, 0.1) is 25.7 Å². The third-order valence-corrected chi connectivity index (χ3v) is 5.44. The van der Waals surface area contributed by atoms with Gasteiger partial charge < -0.3 is 10.1 Å². The highest BCUT2D eigenvalue weighted by atomic mass is 19.1. The van der Waals surface area contributed by atoms with Crippen LogP contribution >= 0.6 is 0 Å². The molecule has 150 valence electrons. The van der Waals surface area contributed by atoms with E-state index in [1.165, 1.54) is 28.5 Å². The molecule has 3 aromatic carbocycles. The maximum atomic E-state index is 13.1. The summed E-state index contributed by atoms with van der Waals surface area (Å²) in [4.78, 5) is 14.9. The first-order chi connectivity index (χ1) is 14.2. The van der Waals surface area contributed by atoms with Gasteiger partial charge in [0.25, 0.3) is 0 Å². The molecule has 1 aliphatic heterocycles. The van der Waals surface area contributed by atoms with Crippen LogP contribution in [-0.2, 0) is 16.0 Å². The molecule has 0 radical (unpaired) electrons. The van der Waals surface area contributed by atoms with Gasteiger partial charge in [0.2, 0.25) is 5.91 Å². The number of ether oxygens (including phenoxy) is 1. The number of halogens is 1. The zero-order valence-electron chi connectivity index (χ0n) is 16.3. The van der Waals surface area contributed by atoms with E-state index in [0.717, 1.165) is 18.7 Å². The van der Waals surface area contributed by atoms with E-state index in [0.29, 0.717) is 19.8 Å². The van der Waals surface area contributed by atoms with Crippen molar-refractivity contribution in [3.8, 4) is 0 Å². The Labute approximate surface area is 170 Å². The summed E-state index contributed by atoms with van der Waals surface area (Å²) < 4.78 is 18.6. The molecule has 0 aromatic heterocycles. The Balaban J connectivity index is 1.53. The van der Waals surface area contributed by atoms with Gasteiger partial charge in [-0.25, -0.2) is 4.39 Å². The molecule has 4 rings (SSSR count). The van der Waals surface area contributed by atoms with E-state index in [1.54, 1.807) is 12.1 Å². The molecule has 1 N–H and O–H groups in total. The van der Waals surface area contributed by atoms with E-state index in [-0.39, 0.29) is 24.2 Å². The van der Waals surface area contributed by atoms with Crippen LogP contribution in [0.5, 0.6) is 0 Å². The van der Waals surface area contributed by atoms with Crippen LogP contribution in [0.3, 0.4) is 0 Å². The van der Waals surface area contributed by atoms with Crippen molar-refractivity contribution in [2.45, 2.75) is 12.5 Å². The SMILES string of the molecule is O=C(Cc1ccc(F)cc1)NC[C@H](c1cccc2ccccc12)N1CCOCC1. The van der Waals surface area contributed by atoms with Crippen LogP contribution < -0.4 is 5.32 Å². The van der Waals surface area contributed by atoms with Crippen molar-refractivity contribution in [1.82, 2.24) is 10.2 Å². The van der Waals surface area contributed by atoms with Gasteiger partial charge in [-0.3, -0.25) is 9.69 Å². The first-order valence-corrected chi connectivity index (χ1v) is 10.0. The number of carbonyl (C=O) groups excluding carboxylic acids is 1. The lowest BCUT2D eigenvalue weighted by Gasteiger charge is -2.35. The van der Waals surface area contributed by atoms with Crippen LogP contribution in [0.25, 0.3) is 10.8 Å². The summed E-state index contributed by atoms with van der Waals surface area (Å²) in [5.74, 6) is -0.354. The fourth-order valence-corrected chi connectivity index (χ4v) is 3.93. The molecular weight excluding hydrogens is 367 g/mol. The number of benzene rings is 3. The second-order valence-corrected chi connectivity index (χ2v) is 7.34. The lowest BCUT2D eigenvalue weighted by atomic mass is 9.97. The van der Waals surface area contributed by atoms with Crippen molar-refractivity contribution in [3.63, 3.8) is 0 Å². The predicted octanol–water partition coefficient (Wildman–Crippen LogP) is 3.71. The predicted molar refractivity (Wildman–Crippen MR) is 112 cm³/mol. The Morgan fingerprint density at radius 3 is 2.52 bits per heavy atom. The number of hydrogen-bond acceptors (Lipinski definition) is 3. The summed E-state index contributed by atoms with van der Waals surface area (Å²) in [5.41, 5.74) is 2.02. The molecule has 29 heavy (non-hydrogen) atoms. The van der Waals surface area contributed by atoms with Crippen LogP contribution in [0.15, 0.2) is 66.7 Å². The molecule has 1 heterocycles. The highest BCUT2D eigenvalue weighted by molar-refractivity contribution is 5.86. The zero-order valence-corrected chi connectivity index (χ0v) is 16.3. The van der Waals surface area contributed by atoms with Crippen molar-refractivity contribution in [3.05, 3.63) is 83.7 Å². The zero-order chi connectivity index (χ0) is 20.1. The topological polar surface area (TPSA) is 41.6 Å². The molecule has 0 spiro atoms. The second kappa shape index (κ2) is 9.16. The number of nitrogens with one attached hydrogen (secondary N) is 1. The van der Waals surface area contributed by atoms with Gasteiger partial charge in [0, 0.05) is 19.6 Å². The molecule has 0 aliphatic carbocycles. The Morgan fingerprint density at radius 2 is 1.72 bits per heavy atom. The van der Waals surface area contributed by atoms with Crippen molar-refractivity contribution in [2.24, 2.45) is 0 Å². The highest BCUT2D eigenvalue weighted by Crippen LogP contribution is 2.28. The van der Waals surface area contributed by atoms with Crippen molar-refractivity contribution in [1.29, 1.82) is 0 Å². The Kier molecular flexibility index (Phi) is 6.17.